The van der Waals surface area contributed by atoms with E-state index in [0.29, 0.717) is 17.1 Å². The quantitative estimate of drug-likeness (QED) is 0.878. The van der Waals surface area contributed by atoms with Crippen LogP contribution in [0.5, 0.6) is 0 Å². The molecular weight excluding hydrogens is 347 g/mol. The van der Waals surface area contributed by atoms with E-state index in [1.807, 2.05) is 0 Å². The number of benzene rings is 1. The van der Waals surface area contributed by atoms with Crippen molar-refractivity contribution in [2.24, 2.45) is 0 Å². The summed E-state index contributed by atoms with van der Waals surface area (Å²) in [6, 6.07) is 7.07. The van der Waals surface area contributed by atoms with Gasteiger partial charge in [0.25, 0.3) is 5.91 Å². The second-order valence-corrected chi connectivity index (χ2v) is 7.01. The maximum atomic E-state index is 12.4. The number of nitrogens with zero attached hydrogens (tertiary/aromatic N) is 1. The number of rotatable bonds is 4. The molecule has 134 valence electrons. The van der Waals surface area contributed by atoms with Gasteiger partial charge < -0.3 is 10.1 Å². The molecule has 0 atom stereocenters. The van der Waals surface area contributed by atoms with E-state index in [1.54, 1.807) is 24.3 Å². The molecule has 1 saturated carbocycles. The second kappa shape index (κ2) is 9.04. The Bertz CT molecular complexity index is 524. The van der Waals surface area contributed by atoms with E-state index >= 15 is 0 Å². The summed E-state index contributed by atoms with van der Waals surface area (Å²) in [6.45, 7) is 4.25. The van der Waals surface area contributed by atoms with Gasteiger partial charge in [0.1, 0.15) is 0 Å². The Morgan fingerprint density at radius 2 is 1.75 bits per heavy atom. The molecule has 6 heteroatoms. The summed E-state index contributed by atoms with van der Waals surface area (Å²) in [5.74, 6) is -0.0140. The minimum absolute atomic E-state index is 0. The minimum atomic E-state index is -0.0140. The van der Waals surface area contributed by atoms with Crippen LogP contribution in [-0.2, 0) is 4.74 Å². The zero-order chi connectivity index (χ0) is 16.1. The molecule has 0 aromatic heterocycles. The average Bonchev–Trinajstić information content (AvgIpc) is 2.62. The largest absolute Gasteiger partial charge is 0.379 e. The molecule has 4 nitrogen and oxygen atoms in total. The van der Waals surface area contributed by atoms with E-state index in [1.165, 1.54) is 19.3 Å². The summed E-state index contributed by atoms with van der Waals surface area (Å²) >= 11 is 5.89. The molecule has 0 radical (unpaired) electrons. The second-order valence-electron chi connectivity index (χ2n) is 6.57. The van der Waals surface area contributed by atoms with Crippen LogP contribution in [0, 0.1) is 0 Å². The fourth-order valence-corrected chi connectivity index (χ4v) is 3.93. The van der Waals surface area contributed by atoms with Crippen molar-refractivity contribution in [3.05, 3.63) is 34.9 Å². The maximum absolute atomic E-state index is 12.4. The lowest BCUT2D eigenvalue weighted by molar-refractivity contribution is -0.0361. The summed E-state index contributed by atoms with van der Waals surface area (Å²) in [4.78, 5) is 15.0. The first-order valence-electron chi connectivity index (χ1n) is 8.56. The third-order valence-corrected chi connectivity index (χ3v) is 5.40. The van der Waals surface area contributed by atoms with Crippen LogP contribution in [0.4, 0.5) is 0 Å². The number of morpholine rings is 1. The first-order valence-corrected chi connectivity index (χ1v) is 8.94. The monoisotopic (exact) mass is 372 g/mol. The summed E-state index contributed by atoms with van der Waals surface area (Å²) in [5.41, 5.74) is 0.770. The van der Waals surface area contributed by atoms with E-state index in [-0.39, 0.29) is 23.9 Å². The number of ether oxygens (including phenoxy) is 1. The van der Waals surface area contributed by atoms with Gasteiger partial charge in [0.05, 0.1) is 13.2 Å². The highest BCUT2D eigenvalue weighted by atomic mass is 35.5. The lowest BCUT2D eigenvalue weighted by Gasteiger charge is -2.48. The average molecular weight is 373 g/mol. The lowest BCUT2D eigenvalue weighted by atomic mass is 9.79. The third kappa shape index (κ3) is 4.63. The molecule has 1 aromatic rings. The van der Waals surface area contributed by atoms with Gasteiger partial charge in [-0.25, -0.2) is 0 Å². The zero-order valence-electron chi connectivity index (χ0n) is 13.9. The predicted molar refractivity (Wildman–Crippen MR) is 99.2 cm³/mol. The lowest BCUT2D eigenvalue weighted by Crippen LogP contribution is -2.59. The maximum Gasteiger partial charge on any atom is 0.251 e. The van der Waals surface area contributed by atoms with Gasteiger partial charge in [0, 0.05) is 35.8 Å². The van der Waals surface area contributed by atoms with Crippen molar-refractivity contribution in [3.63, 3.8) is 0 Å². The smallest absolute Gasteiger partial charge is 0.251 e. The van der Waals surface area contributed by atoms with E-state index in [2.05, 4.69) is 10.2 Å². The molecular formula is C18H26Cl2N2O2. The van der Waals surface area contributed by atoms with Crippen LogP contribution in [0.2, 0.25) is 5.02 Å². The Labute approximate surface area is 155 Å². The molecule has 0 spiro atoms. The van der Waals surface area contributed by atoms with E-state index in [4.69, 9.17) is 16.3 Å². The summed E-state index contributed by atoms with van der Waals surface area (Å²) in [7, 11) is 0. The number of carbonyl (C=O) groups excluding carboxylic acids is 1. The topological polar surface area (TPSA) is 41.6 Å². The number of amides is 1. The number of halogens is 2. The van der Waals surface area contributed by atoms with Gasteiger partial charge in [0.2, 0.25) is 0 Å². The molecule has 1 aliphatic heterocycles. The molecule has 2 aliphatic rings. The molecule has 1 N–H and O–H groups in total. The molecule has 0 bridgehead atoms. The van der Waals surface area contributed by atoms with E-state index in [0.717, 1.165) is 39.1 Å². The SMILES string of the molecule is Cl.O=C(NCC1(N2CCOCC2)CCCCC1)c1ccc(Cl)cc1. The molecule has 1 saturated heterocycles. The first-order chi connectivity index (χ1) is 11.2. The first kappa shape index (κ1) is 19.5. The Morgan fingerprint density at radius 3 is 2.38 bits per heavy atom. The zero-order valence-corrected chi connectivity index (χ0v) is 15.5. The van der Waals surface area contributed by atoms with Crippen LogP contribution in [0.1, 0.15) is 42.5 Å². The normalized spacial score (nSPS) is 20.9. The molecule has 2 fully saturated rings. The van der Waals surface area contributed by atoms with Crippen molar-refractivity contribution in [2.75, 3.05) is 32.8 Å². The van der Waals surface area contributed by atoms with Gasteiger partial charge in [-0.05, 0) is 37.1 Å². The summed E-state index contributed by atoms with van der Waals surface area (Å²) in [6.07, 6.45) is 6.11. The van der Waals surface area contributed by atoms with Crippen molar-refractivity contribution >= 4 is 29.9 Å². The van der Waals surface area contributed by atoms with Gasteiger partial charge in [-0.3, -0.25) is 9.69 Å². The Kier molecular flexibility index (Phi) is 7.35. The van der Waals surface area contributed by atoms with E-state index < -0.39 is 0 Å². The number of carbonyl (C=O) groups is 1. The van der Waals surface area contributed by atoms with Gasteiger partial charge in [-0.2, -0.15) is 0 Å². The Balaban J connectivity index is 0.00000208. The summed E-state index contributed by atoms with van der Waals surface area (Å²) in [5, 5.41) is 3.81. The Morgan fingerprint density at radius 1 is 1.12 bits per heavy atom. The molecule has 1 aromatic carbocycles. The molecule has 3 rings (SSSR count). The predicted octanol–water partition coefficient (Wildman–Crippen LogP) is 3.53. The number of hydrogen-bond donors (Lipinski definition) is 1. The van der Waals surface area contributed by atoms with Crippen molar-refractivity contribution in [1.29, 1.82) is 0 Å². The van der Waals surface area contributed by atoms with Crippen molar-refractivity contribution in [2.45, 2.75) is 37.6 Å². The van der Waals surface area contributed by atoms with Crippen LogP contribution < -0.4 is 5.32 Å². The molecule has 0 unspecified atom stereocenters. The van der Waals surface area contributed by atoms with Crippen LogP contribution in [-0.4, -0.2) is 49.2 Å². The fourth-order valence-electron chi connectivity index (χ4n) is 3.80. The highest BCUT2D eigenvalue weighted by molar-refractivity contribution is 6.30. The van der Waals surface area contributed by atoms with Crippen molar-refractivity contribution < 1.29 is 9.53 Å². The van der Waals surface area contributed by atoms with Crippen LogP contribution in [0.25, 0.3) is 0 Å². The van der Waals surface area contributed by atoms with Crippen LogP contribution in [0.15, 0.2) is 24.3 Å². The Hall–Kier alpha value is -0.810. The fraction of sp³-hybridized carbons (Fsp3) is 0.611. The summed E-state index contributed by atoms with van der Waals surface area (Å²) < 4.78 is 5.50. The van der Waals surface area contributed by atoms with E-state index in [9.17, 15) is 4.79 Å². The highest BCUT2D eigenvalue weighted by Gasteiger charge is 2.38. The van der Waals surface area contributed by atoms with Crippen molar-refractivity contribution in [3.8, 4) is 0 Å². The third-order valence-electron chi connectivity index (χ3n) is 5.15. The van der Waals surface area contributed by atoms with Crippen LogP contribution in [0.3, 0.4) is 0 Å². The molecule has 1 heterocycles. The van der Waals surface area contributed by atoms with Gasteiger partial charge in [0.15, 0.2) is 0 Å². The minimum Gasteiger partial charge on any atom is -0.379 e. The molecule has 1 amide bonds. The number of hydrogen-bond acceptors (Lipinski definition) is 3. The highest BCUT2D eigenvalue weighted by Crippen LogP contribution is 2.33. The standard InChI is InChI=1S/C18H25ClN2O2.ClH/c19-16-6-4-15(5-7-16)17(22)20-14-18(8-2-1-3-9-18)21-10-12-23-13-11-21;/h4-7H,1-3,8-14H2,(H,20,22);1H. The van der Waals surface area contributed by atoms with Crippen LogP contribution >= 0.6 is 24.0 Å². The van der Waals surface area contributed by atoms with Gasteiger partial charge in [-0.1, -0.05) is 30.9 Å². The molecule has 24 heavy (non-hydrogen) atoms. The molecule has 1 aliphatic carbocycles. The van der Waals surface area contributed by atoms with Crippen molar-refractivity contribution in [1.82, 2.24) is 10.2 Å². The van der Waals surface area contributed by atoms with Gasteiger partial charge >= 0.3 is 0 Å². The van der Waals surface area contributed by atoms with Gasteiger partial charge in [-0.15, -0.1) is 12.4 Å². The number of nitrogens with one attached hydrogen (secondary N) is 1.